The summed E-state index contributed by atoms with van der Waals surface area (Å²) >= 11 is 0. The van der Waals surface area contributed by atoms with Crippen LogP contribution in [-0.4, -0.2) is 104 Å². The summed E-state index contributed by atoms with van der Waals surface area (Å²) in [7, 11) is 6.23. The summed E-state index contributed by atoms with van der Waals surface area (Å²) in [5.41, 5.74) is 0. The van der Waals surface area contributed by atoms with Crippen molar-refractivity contribution in [2.24, 2.45) is 0 Å². The van der Waals surface area contributed by atoms with Gasteiger partial charge in [0, 0.05) is 54.5 Å². The van der Waals surface area contributed by atoms with Gasteiger partial charge in [0.2, 0.25) is 24.2 Å². The van der Waals surface area contributed by atoms with E-state index in [0.717, 1.165) is 13.2 Å². The quantitative estimate of drug-likeness (QED) is 0.258. The minimum Gasteiger partial charge on any atom is -0.379 e. The minimum absolute atomic E-state index is 0.232. The molecule has 0 aliphatic carbocycles. The summed E-state index contributed by atoms with van der Waals surface area (Å²) in [4.78, 5) is 0. The van der Waals surface area contributed by atoms with Crippen LogP contribution in [0.4, 0.5) is 0 Å². The molecule has 3 heterocycles. The standard InChI is InChI=1S/C20H36O10/c1-21-17-18(22-2)30-20(24-4,8-6-10-26-12-16-14-28-16)19(23-3,29-17)7-5-9-25-11-15-13-27-15/h15-18H,5-14H2,1-4H3. The van der Waals surface area contributed by atoms with Gasteiger partial charge in [0.15, 0.2) is 0 Å². The van der Waals surface area contributed by atoms with Gasteiger partial charge in [0.1, 0.15) is 12.2 Å². The third kappa shape index (κ3) is 6.10. The molecule has 10 nitrogen and oxygen atoms in total. The van der Waals surface area contributed by atoms with E-state index in [0.29, 0.717) is 52.1 Å². The Labute approximate surface area is 178 Å². The van der Waals surface area contributed by atoms with Crippen LogP contribution < -0.4 is 0 Å². The monoisotopic (exact) mass is 436 g/mol. The summed E-state index contributed by atoms with van der Waals surface area (Å²) in [5, 5.41) is 0. The van der Waals surface area contributed by atoms with Crippen molar-refractivity contribution < 1.29 is 47.4 Å². The molecule has 0 aromatic rings. The lowest BCUT2D eigenvalue weighted by Gasteiger charge is -2.54. The fraction of sp³-hybridized carbons (Fsp3) is 1.00. The molecule has 0 spiro atoms. The Balaban J connectivity index is 1.62. The highest BCUT2D eigenvalue weighted by Crippen LogP contribution is 2.45. The Hall–Kier alpha value is -0.400. The first-order chi connectivity index (χ1) is 14.6. The second kappa shape index (κ2) is 11.5. The number of rotatable bonds is 16. The van der Waals surface area contributed by atoms with Crippen LogP contribution in [0, 0.1) is 0 Å². The van der Waals surface area contributed by atoms with E-state index in [1.54, 1.807) is 14.2 Å². The third-order valence-electron chi connectivity index (χ3n) is 5.54. The Morgan fingerprint density at radius 1 is 0.700 bits per heavy atom. The number of epoxide rings is 2. The van der Waals surface area contributed by atoms with Gasteiger partial charge >= 0.3 is 0 Å². The summed E-state index contributed by atoms with van der Waals surface area (Å²) in [6.07, 6.45) is 1.26. The van der Waals surface area contributed by atoms with E-state index in [-0.39, 0.29) is 12.2 Å². The van der Waals surface area contributed by atoms with Gasteiger partial charge in [0.25, 0.3) is 0 Å². The van der Waals surface area contributed by atoms with E-state index >= 15 is 0 Å². The molecular formula is C20H36O10. The molecule has 30 heavy (non-hydrogen) atoms. The predicted molar refractivity (Wildman–Crippen MR) is 103 cm³/mol. The van der Waals surface area contributed by atoms with Crippen molar-refractivity contribution >= 4 is 0 Å². The maximum absolute atomic E-state index is 6.27. The summed E-state index contributed by atoms with van der Waals surface area (Å²) in [5.74, 6) is -2.40. The van der Waals surface area contributed by atoms with Crippen LogP contribution in [0.15, 0.2) is 0 Å². The summed E-state index contributed by atoms with van der Waals surface area (Å²) in [6, 6.07) is 0. The molecular weight excluding hydrogens is 400 g/mol. The van der Waals surface area contributed by atoms with Crippen LogP contribution >= 0.6 is 0 Å². The lowest BCUT2D eigenvalue weighted by molar-refractivity contribution is -0.512. The Kier molecular flexibility index (Phi) is 9.26. The largest absolute Gasteiger partial charge is 0.379 e. The first-order valence-corrected chi connectivity index (χ1v) is 10.5. The Morgan fingerprint density at radius 3 is 1.40 bits per heavy atom. The molecule has 0 bridgehead atoms. The Bertz CT molecular complexity index is 456. The van der Waals surface area contributed by atoms with E-state index in [4.69, 9.17) is 47.4 Å². The molecule has 0 saturated carbocycles. The van der Waals surface area contributed by atoms with Crippen molar-refractivity contribution in [3.8, 4) is 0 Å². The second-order valence-electron chi connectivity index (χ2n) is 7.63. The first-order valence-electron chi connectivity index (χ1n) is 10.5. The van der Waals surface area contributed by atoms with Crippen molar-refractivity contribution in [1.82, 2.24) is 0 Å². The molecule has 3 rings (SSSR count). The van der Waals surface area contributed by atoms with Crippen LogP contribution in [0.3, 0.4) is 0 Å². The summed E-state index contributed by atoms with van der Waals surface area (Å²) in [6.45, 7) is 3.83. The predicted octanol–water partition coefficient (Wildman–Crippen LogP) is 1.05. The molecule has 3 fully saturated rings. The fourth-order valence-electron chi connectivity index (χ4n) is 3.67. The lowest BCUT2D eigenvalue weighted by atomic mass is 9.93. The Morgan fingerprint density at radius 2 is 1.10 bits per heavy atom. The average molecular weight is 436 g/mol. The minimum atomic E-state index is -1.20. The van der Waals surface area contributed by atoms with E-state index in [9.17, 15) is 0 Å². The molecule has 6 atom stereocenters. The number of hydrogen-bond acceptors (Lipinski definition) is 10. The van der Waals surface area contributed by atoms with E-state index in [1.165, 1.54) is 14.2 Å². The molecule has 6 unspecified atom stereocenters. The van der Waals surface area contributed by atoms with Crippen molar-refractivity contribution in [2.75, 3.05) is 68.1 Å². The van der Waals surface area contributed by atoms with E-state index in [2.05, 4.69) is 0 Å². The summed E-state index contributed by atoms with van der Waals surface area (Å²) < 4.78 is 56.9. The molecule has 3 aliphatic rings. The topological polar surface area (TPSA) is 98.9 Å². The number of hydrogen-bond donors (Lipinski definition) is 0. The zero-order valence-corrected chi connectivity index (χ0v) is 18.5. The van der Waals surface area contributed by atoms with Crippen molar-refractivity contribution in [2.45, 2.75) is 62.0 Å². The molecule has 0 aromatic carbocycles. The first kappa shape index (κ1) is 24.2. The number of methoxy groups -OCH3 is 4. The fourth-order valence-corrected chi connectivity index (χ4v) is 3.67. The third-order valence-corrected chi connectivity index (χ3v) is 5.54. The SMILES string of the molecule is COC1OC(CCCOCC2CO2)(OC)C(CCCOCC2CO2)(OC)OC1OC. The van der Waals surface area contributed by atoms with Crippen LogP contribution in [0.5, 0.6) is 0 Å². The highest BCUT2D eigenvalue weighted by molar-refractivity contribution is 4.93. The molecule has 3 aliphatic heterocycles. The van der Waals surface area contributed by atoms with Gasteiger partial charge in [0.05, 0.1) is 26.4 Å². The van der Waals surface area contributed by atoms with Gasteiger partial charge in [-0.3, -0.25) is 0 Å². The van der Waals surface area contributed by atoms with Crippen LogP contribution in [0.1, 0.15) is 25.7 Å². The normalized spacial score (nSPS) is 38.0. The smallest absolute Gasteiger partial charge is 0.226 e. The highest BCUT2D eigenvalue weighted by Gasteiger charge is 2.62. The molecule has 0 radical (unpaired) electrons. The average Bonchev–Trinajstić information content (AvgIpc) is 3.68. The van der Waals surface area contributed by atoms with Crippen LogP contribution in [0.2, 0.25) is 0 Å². The maximum Gasteiger partial charge on any atom is 0.226 e. The highest BCUT2D eigenvalue weighted by atomic mass is 16.9. The lowest BCUT2D eigenvalue weighted by Crippen LogP contribution is -2.68. The van der Waals surface area contributed by atoms with E-state index < -0.39 is 24.2 Å². The van der Waals surface area contributed by atoms with Gasteiger partial charge in [-0.25, -0.2) is 0 Å². The molecule has 0 aromatic heterocycles. The van der Waals surface area contributed by atoms with E-state index in [1.807, 2.05) is 0 Å². The van der Waals surface area contributed by atoms with Gasteiger partial charge < -0.3 is 47.4 Å². The van der Waals surface area contributed by atoms with Crippen molar-refractivity contribution in [3.63, 3.8) is 0 Å². The molecule has 10 heteroatoms. The molecule has 176 valence electrons. The van der Waals surface area contributed by atoms with Gasteiger partial charge in [-0.1, -0.05) is 0 Å². The second-order valence-corrected chi connectivity index (χ2v) is 7.63. The van der Waals surface area contributed by atoms with Crippen LogP contribution in [-0.2, 0) is 47.4 Å². The van der Waals surface area contributed by atoms with Crippen molar-refractivity contribution in [1.29, 1.82) is 0 Å². The van der Waals surface area contributed by atoms with Crippen LogP contribution in [0.25, 0.3) is 0 Å². The molecule has 0 N–H and O–H groups in total. The number of ether oxygens (including phenoxy) is 10. The zero-order valence-electron chi connectivity index (χ0n) is 18.5. The van der Waals surface area contributed by atoms with Gasteiger partial charge in [-0.15, -0.1) is 0 Å². The van der Waals surface area contributed by atoms with Gasteiger partial charge in [-0.05, 0) is 12.8 Å². The zero-order chi connectivity index (χ0) is 21.5. The van der Waals surface area contributed by atoms with Crippen molar-refractivity contribution in [3.05, 3.63) is 0 Å². The van der Waals surface area contributed by atoms with Gasteiger partial charge in [-0.2, -0.15) is 0 Å². The molecule has 3 saturated heterocycles. The molecule has 0 amide bonds. The maximum atomic E-state index is 6.27.